The van der Waals surface area contributed by atoms with Gasteiger partial charge in [0.15, 0.2) is 26.4 Å². The zero-order chi connectivity index (χ0) is 18.9. The highest BCUT2D eigenvalue weighted by molar-refractivity contribution is 7.91. The summed E-state index contributed by atoms with van der Waals surface area (Å²) in [5, 5.41) is 3.74. The summed E-state index contributed by atoms with van der Waals surface area (Å²) in [5.74, 6) is 2.49. The van der Waals surface area contributed by atoms with E-state index in [1.807, 2.05) is 35.2 Å². The van der Waals surface area contributed by atoms with Gasteiger partial charge >= 0.3 is 0 Å². The quantitative estimate of drug-likeness (QED) is 0.753. The van der Waals surface area contributed by atoms with E-state index in [4.69, 9.17) is 26.1 Å². The van der Waals surface area contributed by atoms with Crippen LogP contribution in [-0.2, 0) is 22.9 Å². The zero-order valence-electron chi connectivity index (χ0n) is 14.6. The largest absolute Gasteiger partial charge is 0.467 e. The van der Waals surface area contributed by atoms with Crippen LogP contribution in [-0.4, -0.2) is 42.8 Å². The predicted octanol–water partition coefficient (Wildman–Crippen LogP) is 2.07. The highest BCUT2D eigenvalue weighted by atomic mass is 32.2. The van der Waals surface area contributed by atoms with Crippen LogP contribution in [0.25, 0.3) is 0 Å². The first-order valence-corrected chi connectivity index (χ1v) is 10.9. The number of thiocarbonyl (C=S) groups is 1. The zero-order valence-corrected chi connectivity index (χ0v) is 16.2. The molecule has 1 N–H and O–H groups in total. The summed E-state index contributed by atoms with van der Waals surface area (Å²) >= 11 is 5.58. The van der Waals surface area contributed by atoms with Gasteiger partial charge in [0.05, 0.1) is 24.3 Å². The monoisotopic (exact) mass is 408 g/mol. The van der Waals surface area contributed by atoms with E-state index >= 15 is 0 Å². The van der Waals surface area contributed by atoms with Gasteiger partial charge in [-0.15, -0.1) is 0 Å². The van der Waals surface area contributed by atoms with E-state index in [1.54, 1.807) is 6.26 Å². The highest BCUT2D eigenvalue weighted by Crippen LogP contribution is 2.32. The van der Waals surface area contributed by atoms with Crippen molar-refractivity contribution in [2.45, 2.75) is 25.6 Å². The lowest BCUT2D eigenvalue weighted by atomic mass is 10.2. The molecular weight excluding hydrogens is 388 g/mol. The number of fused-ring (bicyclic) bond motifs is 1. The van der Waals surface area contributed by atoms with Crippen molar-refractivity contribution in [2.75, 3.05) is 18.3 Å². The maximum atomic E-state index is 11.9. The van der Waals surface area contributed by atoms with Crippen LogP contribution >= 0.6 is 12.2 Å². The summed E-state index contributed by atoms with van der Waals surface area (Å²) in [4.78, 5) is 1.91. The Labute approximate surface area is 163 Å². The predicted molar refractivity (Wildman–Crippen MR) is 103 cm³/mol. The van der Waals surface area contributed by atoms with Gasteiger partial charge in [-0.2, -0.15) is 0 Å². The molecule has 9 heteroatoms. The van der Waals surface area contributed by atoms with Crippen molar-refractivity contribution >= 4 is 27.2 Å². The molecule has 27 heavy (non-hydrogen) atoms. The summed E-state index contributed by atoms with van der Waals surface area (Å²) in [5.41, 5.74) is 0.999. The van der Waals surface area contributed by atoms with Crippen molar-refractivity contribution in [3.63, 3.8) is 0 Å². The first-order valence-electron chi connectivity index (χ1n) is 8.66. The molecule has 1 aromatic carbocycles. The Balaban J connectivity index is 1.45. The molecule has 0 radical (unpaired) electrons. The Morgan fingerprint density at radius 1 is 1.26 bits per heavy atom. The number of ether oxygens (including phenoxy) is 2. The van der Waals surface area contributed by atoms with E-state index in [0.717, 1.165) is 22.8 Å². The van der Waals surface area contributed by atoms with Crippen LogP contribution < -0.4 is 14.8 Å². The van der Waals surface area contributed by atoms with Gasteiger partial charge in [0.2, 0.25) is 6.79 Å². The highest BCUT2D eigenvalue weighted by Gasteiger charge is 2.33. The molecule has 1 atom stereocenters. The first-order chi connectivity index (χ1) is 13.0. The SMILES string of the molecule is O=S1(=O)CC[C@@H](N(Cc2ccco2)C(=S)NCc2ccc3c(c2)OCO3)C1. The lowest BCUT2D eigenvalue weighted by Gasteiger charge is -2.30. The summed E-state index contributed by atoms with van der Waals surface area (Å²) in [6.07, 6.45) is 2.16. The Kier molecular flexibility index (Phi) is 4.96. The minimum absolute atomic E-state index is 0.111. The summed E-state index contributed by atoms with van der Waals surface area (Å²) in [7, 11) is -3.02. The van der Waals surface area contributed by atoms with E-state index in [0.29, 0.717) is 24.6 Å². The third kappa shape index (κ3) is 4.19. The molecule has 0 spiro atoms. The molecular formula is C18H20N2O5S2. The van der Waals surface area contributed by atoms with Crippen molar-refractivity contribution in [1.29, 1.82) is 0 Å². The van der Waals surface area contributed by atoms with Crippen LogP contribution in [0.2, 0.25) is 0 Å². The molecule has 0 aliphatic carbocycles. The van der Waals surface area contributed by atoms with Gasteiger partial charge in [-0.25, -0.2) is 8.42 Å². The molecule has 4 rings (SSSR count). The Hall–Kier alpha value is -2.26. The average Bonchev–Trinajstić information content (AvgIpc) is 3.38. The number of nitrogens with one attached hydrogen (secondary N) is 1. The van der Waals surface area contributed by atoms with Gasteiger partial charge in [0.25, 0.3) is 0 Å². The molecule has 1 saturated heterocycles. The molecule has 3 heterocycles. The lowest BCUT2D eigenvalue weighted by molar-refractivity contribution is 0.174. The Morgan fingerprint density at radius 2 is 2.11 bits per heavy atom. The van der Waals surface area contributed by atoms with Crippen molar-refractivity contribution in [3.8, 4) is 11.5 Å². The second-order valence-corrected chi connectivity index (χ2v) is 9.23. The lowest BCUT2D eigenvalue weighted by Crippen LogP contribution is -2.45. The molecule has 2 aromatic rings. The van der Waals surface area contributed by atoms with E-state index in [1.165, 1.54) is 0 Å². The average molecular weight is 409 g/mol. The van der Waals surface area contributed by atoms with Crippen molar-refractivity contribution < 1.29 is 22.3 Å². The van der Waals surface area contributed by atoms with Crippen LogP contribution in [0, 0.1) is 0 Å². The van der Waals surface area contributed by atoms with Gasteiger partial charge in [-0.1, -0.05) is 6.07 Å². The van der Waals surface area contributed by atoms with E-state index < -0.39 is 9.84 Å². The van der Waals surface area contributed by atoms with Gasteiger partial charge < -0.3 is 24.1 Å². The minimum atomic E-state index is -3.02. The number of hydrogen-bond acceptors (Lipinski definition) is 6. The molecule has 2 aliphatic rings. The number of benzene rings is 1. The smallest absolute Gasteiger partial charge is 0.231 e. The van der Waals surface area contributed by atoms with E-state index in [2.05, 4.69) is 5.32 Å². The normalized spacial score (nSPS) is 19.8. The first kappa shape index (κ1) is 18.1. The molecule has 2 aliphatic heterocycles. The molecule has 0 saturated carbocycles. The van der Waals surface area contributed by atoms with E-state index in [9.17, 15) is 8.42 Å². The second kappa shape index (κ2) is 7.40. The molecule has 1 fully saturated rings. The fourth-order valence-electron chi connectivity index (χ4n) is 3.29. The fourth-order valence-corrected chi connectivity index (χ4v) is 5.30. The topological polar surface area (TPSA) is 81.0 Å². The third-order valence-electron chi connectivity index (χ3n) is 4.70. The summed E-state index contributed by atoms with van der Waals surface area (Å²) in [6, 6.07) is 9.23. The fraction of sp³-hybridized carbons (Fsp3) is 0.389. The van der Waals surface area contributed by atoms with Crippen LogP contribution in [0.1, 0.15) is 17.7 Å². The maximum Gasteiger partial charge on any atom is 0.231 e. The third-order valence-corrected chi connectivity index (χ3v) is 6.83. The number of furan rings is 1. The number of hydrogen-bond donors (Lipinski definition) is 1. The maximum absolute atomic E-state index is 11.9. The molecule has 0 unspecified atom stereocenters. The summed E-state index contributed by atoms with van der Waals surface area (Å²) in [6.45, 7) is 1.17. The number of rotatable bonds is 5. The standard InChI is InChI=1S/C18H20N2O5S2/c21-27(22)7-5-14(11-27)20(10-15-2-1-6-23-15)18(26)19-9-13-3-4-16-17(8-13)25-12-24-16/h1-4,6,8,14H,5,7,9-12H2,(H,19,26)/t14-/m1/s1. The van der Waals surface area contributed by atoms with Crippen molar-refractivity contribution in [3.05, 3.63) is 47.9 Å². The molecule has 0 bridgehead atoms. The van der Waals surface area contributed by atoms with Crippen molar-refractivity contribution in [2.24, 2.45) is 0 Å². The number of sulfone groups is 1. The van der Waals surface area contributed by atoms with Crippen LogP contribution in [0.3, 0.4) is 0 Å². The molecule has 1 aromatic heterocycles. The van der Waals surface area contributed by atoms with E-state index in [-0.39, 0.29) is 24.3 Å². The van der Waals surface area contributed by atoms with Gasteiger partial charge in [0.1, 0.15) is 5.76 Å². The molecule has 144 valence electrons. The van der Waals surface area contributed by atoms with Crippen LogP contribution in [0.5, 0.6) is 11.5 Å². The Morgan fingerprint density at radius 3 is 2.85 bits per heavy atom. The van der Waals surface area contributed by atoms with Crippen LogP contribution in [0.4, 0.5) is 0 Å². The van der Waals surface area contributed by atoms with Gasteiger partial charge in [-0.05, 0) is 48.5 Å². The minimum Gasteiger partial charge on any atom is -0.467 e. The molecule has 0 amide bonds. The Bertz CT molecular complexity index is 927. The van der Waals surface area contributed by atoms with Gasteiger partial charge in [0, 0.05) is 12.6 Å². The summed E-state index contributed by atoms with van der Waals surface area (Å²) < 4.78 is 40.0. The molecule has 7 nitrogen and oxygen atoms in total. The number of nitrogens with zero attached hydrogens (tertiary/aromatic N) is 1. The van der Waals surface area contributed by atoms with Crippen molar-refractivity contribution in [1.82, 2.24) is 10.2 Å². The van der Waals surface area contributed by atoms with Crippen LogP contribution in [0.15, 0.2) is 41.0 Å². The van der Waals surface area contributed by atoms with Gasteiger partial charge in [-0.3, -0.25) is 0 Å². The second-order valence-electron chi connectivity index (χ2n) is 6.61.